The molecule has 0 saturated heterocycles. The topological polar surface area (TPSA) is 51.8 Å². The van der Waals surface area contributed by atoms with Gasteiger partial charge in [-0.2, -0.15) is 0 Å². The van der Waals surface area contributed by atoms with E-state index in [1.54, 1.807) is 0 Å². The van der Waals surface area contributed by atoms with Crippen LogP contribution in [0.3, 0.4) is 0 Å². The summed E-state index contributed by atoms with van der Waals surface area (Å²) in [6, 6.07) is 6.21. The van der Waals surface area contributed by atoms with Crippen molar-refractivity contribution in [3.8, 4) is 11.3 Å². The third-order valence-electron chi connectivity index (χ3n) is 3.23. The van der Waals surface area contributed by atoms with Crippen LogP contribution in [0.25, 0.3) is 11.3 Å². The van der Waals surface area contributed by atoms with Gasteiger partial charge in [0.25, 0.3) is 0 Å². The standard InChI is InChI=1S/C15H19N3/c1-5-15-17-13(8-14(16)18-15)12-7-10(3)9(2)6-11(12)4/h6-8H,5H2,1-4H3,(H2,16,17,18). The van der Waals surface area contributed by atoms with Crippen LogP contribution >= 0.6 is 0 Å². The van der Waals surface area contributed by atoms with Crippen LogP contribution in [0.4, 0.5) is 5.82 Å². The van der Waals surface area contributed by atoms with Crippen LogP contribution in [0, 0.1) is 20.8 Å². The number of aryl methyl sites for hydroxylation is 4. The second kappa shape index (κ2) is 4.77. The average molecular weight is 241 g/mol. The van der Waals surface area contributed by atoms with E-state index in [4.69, 9.17) is 5.73 Å². The summed E-state index contributed by atoms with van der Waals surface area (Å²) in [6.07, 6.45) is 0.794. The molecule has 94 valence electrons. The summed E-state index contributed by atoms with van der Waals surface area (Å²) in [5, 5.41) is 0. The maximum Gasteiger partial charge on any atom is 0.131 e. The Morgan fingerprint density at radius 3 is 2.28 bits per heavy atom. The minimum Gasteiger partial charge on any atom is -0.384 e. The second-order valence-corrected chi connectivity index (χ2v) is 4.70. The van der Waals surface area contributed by atoms with Crippen molar-refractivity contribution in [3.63, 3.8) is 0 Å². The monoisotopic (exact) mass is 241 g/mol. The molecular weight excluding hydrogens is 222 g/mol. The first-order valence-electron chi connectivity index (χ1n) is 6.23. The number of aromatic nitrogens is 2. The van der Waals surface area contributed by atoms with Gasteiger partial charge < -0.3 is 5.73 Å². The highest BCUT2D eigenvalue weighted by atomic mass is 14.9. The van der Waals surface area contributed by atoms with Crippen molar-refractivity contribution in [2.75, 3.05) is 5.73 Å². The third kappa shape index (κ3) is 2.35. The lowest BCUT2D eigenvalue weighted by Gasteiger charge is -2.10. The molecule has 1 aromatic heterocycles. The van der Waals surface area contributed by atoms with Crippen LogP contribution < -0.4 is 5.73 Å². The minimum atomic E-state index is 0.537. The van der Waals surface area contributed by atoms with Gasteiger partial charge in [0, 0.05) is 18.1 Å². The normalized spacial score (nSPS) is 10.7. The number of benzene rings is 1. The molecule has 0 unspecified atom stereocenters. The lowest BCUT2D eigenvalue weighted by Crippen LogP contribution is -2.01. The lowest BCUT2D eigenvalue weighted by atomic mass is 9.98. The van der Waals surface area contributed by atoms with Gasteiger partial charge in [0.1, 0.15) is 11.6 Å². The summed E-state index contributed by atoms with van der Waals surface area (Å²) in [6.45, 7) is 8.37. The highest BCUT2D eigenvalue weighted by Gasteiger charge is 2.08. The summed E-state index contributed by atoms with van der Waals surface area (Å²) in [4.78, 5) is 8.78. The summed E-state index contributed by atoms with van der Waals surface area (Å²) in [5.74, 6) is 1.33. The largest absolute Gasteiger partial charge is 0.384 e. The quantitative estimate of drug-likeness (QED) is 0.878. The molecule has 2 aromatic rings. The Morgan fingerprint density at radius 1 is 0.944 bits per heavy atom. The lowest BCUT2D eigenvalue weighted by molar-refractivity contribution is 0.948. The molecular formula is C15H19N3. The Labute approximate surface area is 108 Å². The molecule has 0 aliphatic rings. The molecule has 0 amide bonds. The van der Waals surface area contributed by atoms with Gasteiger partial charge in [-0.05, 0) is 43.5 Å². The van der Waals surface area contributed by atoms with Crippen LogP contribution in [-0.2, 0) is 6.42 Å². The van der Waals surface area contributed by atoms with E-state index in [0.29, 0.717) is 5.82 Å². The Kier molecular flexibility index (Phi) is 3.32. The molecule has 0 spiro atoms. The van der Waals surface area contributed by atoms with Crippen LogP contribution in [0.15, 0.2) is 18.2 Å². The zero-order valence-electron chi connectivity index (χ0n) is 11.4. The molecule has 1 heterocycles. The van der Waals surface area contributed by atoms with E-state index >= 15 is 0 Å². The van der Waals surface area contributed by atoms with Gasteiger partial charge in [0.2, 0.25) is 0 Å². The van der Waals surface area contributed by atoms with E-state index in [9.17, 15) is 0 Å². The van der Waals surface area contributed by atoms with E-state index in [0.717, 1.165) is 23.5 Å². The summed E-state index contributed by atoms with van der Waals surface area (Å²) < 4.78 is 0. The van der Waals surface area contributed by atoms with Crippen molar-refractivity contribution in [1.29, 1.82) is 0 Å². The van der Waals surface area contributed by atoms with Gasteiger partial charge in [-0.25, -0.2) is 9.97 Å². The van der Waals surface area contributed by atoms with Crippen molar-refractivity contribution >= 4 is 5.82 Å². The average Bonchev–Trinajstić information content (AvgIpc) is 2.33. The van der Waals surface area contributed by atoms with Gasteiger partial charge in [0.05, 0.1) is 5.69 Å². The van der Waals surface area contributed by atoms with Gasteiger partial charge in [-0.1, -0.05) is 13.0 Å². The fourth-order valence-electron chi connectivity index (χ4n) is 2.05. The number of nitrogens with zero attached hydrogens (tertiary/aromatic N) is 2. The Hall–Kier alpha value is -1.90. The van der Waals surface area contributed by atoms with Gasteiger partial charge in [0.15, 0.2) is 0 Å². The molecule has 0 aliphatic carbocycles. The summed E-state index contributed by atoms with van der Waals surface area (Å²) in [7, 11) is 0. The maximum absolute atomic E-state index is 5.84. The van der Waals surface area contributed by atoms with Crippen LogP contribution in [-0.4, -0.2) is 9.97 Å². The van der Waals surface area contributed by atoms with Crippen molar-refractivity contribution in [2.24, 2.45) is 0 Å². The molecule has 2 N–H and O–H groups in total. The number of rotatable bonds is 2. The smallest absolute Gasteiger partial charge is 0.131 e. The predicted molar refractivity (Wildman–Crippen MR) is 75.5 cm³/mol. The predicted octanol–water partition coefficient (Wildman–Crippen LogP) is 3.21. The van der Waals surface area contributed by atoms with Crippen molar-refractivity contribution in [2.45, 2.75) is 34.1 Å². The zero-order chi connectivity index (χ0) is 13.3. The fourth-order valence-corrected chi connectivity index (χ4v) is 2.05. The van der Waals surface area contributed by atoms with Gasteiger partial charge in [-0.3, -0.25) is 0 Å². The van der Waals surface area contributed by atoms with E-state index in [2.05, 4.69) is 42.9 Å². The van der Waals surface area contributed by atoms with Crippen molar-refractivity contribution in [3.05, 3.63) is 40.7 Å². The van der Waals surface area contributed by atoms with E-state index < -0.39 is 0 Å². The van der Waals surface area contributed by atoms with Crippen LogP contribution in [0.5, 0.6) is 0 Å². The molecule has 18 heavy (non-hydrogen) atoms. The fraction of sp³-hybridized carbons (Fsp3) is 0.333. The van der Waals surface area contributed by atoms with E-state index in [1.165, 1.54) is 16.7 Å². The van der Waals surface area contributed by atoms with Gasteiger partial charge in [-0.15, -0.1) is 0 Å². The van der Waals surface area contributed by atoms with Crippen LogP contribution in [0.1, 0.15) is 29.4 Å². The number of nitrogen functional groups attached to an aromatic ring is 1. The maximum atomic E-state index is 5.84. The molecule has 1 aromatic carbocycles. The van der Waals surface area contributed by atoms with Crippen LogP contribution in [0.2, 0.25) is 0 Å². The Balaban J connectivity index is 2.61. The highest BCUT2D eigenvalue weighted by Crippen LogP contribution is 2.26. The van der Waals surface area contributed by atoms with E-state index in [-0.39, 0.29) is 0 Å². The Morgan fingerprint density at radius 2 is 1.61 bits per heavy atom. The molecule has 0 saturated carbocycles. The molecule has 0 radical (unpaired) electrons. The number of hydrogen-bond donors (Lipinski definition) is 1. The second-order valence-electron chi connectivity index (χ2n) is 4.70. The molecule has 3 nitrogen and oxygen atoms in total. The molecule has 3 heteroatoms. The van der Waals surface area contributed by atoms with E-state index in [1.807, 2.05) is 13.0 Å². The highest BCUT2D eigenvalue weighted by molar-refractivity contribution is 5.67. The zero-order valence-corrected chi connectivity index (χ0v) is 11.4. The third-order valence-corrected chi connectivity index (χ3v) is 3.23. The number of anilines is 1. The summed E-state index contributed by atoms with van der Waals surface area (Å²) >= 11 is 0. The summed E-state index contributed by atoms with van der Waals surface area (Å²) in [5.41, 5.74) is 11.7. The first-order valence-corrected chi connectivity index (χ1v) is 6.23. The van der Waals surface area contributed by atoms with Crippen molar-refractivity contribution < 1.29 is 0 Å². The number of nitrogens with two attached hydrogens (primary N) is 1. The van der Waals surface area contributed by atoms with Gasteiger partial charge >= 0.3 is 0 Å². The number of hydrogen-bond acceptors (Lipinski definition) is 3. The first-order chi connectivity index (χ1) is 8.51. The SMILES string of the molecule is CCc1nc(N)cc(-c2cc(C)c(C)cc2C)n1. The molecule has 2 rings (SSSR count). The molecule has 0 fully saturated rings. The molecule has 0 bridgehead atoms. The minimum absolute atomic E-state index is 0.537. The molecule has 0 atom stereocenters. The van der Waals surface area contributed by atoms with Crippen molar-refractivity contribution in [1.82, 2.24) is 9.97 Å². The molecule has 0 aliphatic heterocycles. The first kappa shape index (κ1) is 12.6. The Bertz CT molecular complexity index is 589.